The first-order valence-corrected chi connectivity index (χ1v) is 7.12. The Kier molecular flexibility index (Phi) is 6.56. The molecule has 0 fully saturated rings. The molecule has 0 saturated heterocycles. The predicted octanol–water partition coefficient (Wildman–Crippen LogP) is 1.54. The van der Waals surface area contributed by atoms with Gasteiger partial charge < -0.3 is 15.7 Å². The number of carboxylic acids is 1. The van der Waals surface area contributed by atoms with Crippen LogP contribution >= 0.6 is 0 Å². The van der Waals surface area contributed by atoms with Crippen LogP contribution in [0.4, 0.5) is 0 Å². The van der Waals surface area contributed by atoms with Crippen LogP contribution in [-0.2, 0) is 14.4 Å². The van der Waals surface area contributed by atoms with Crippen molar-refractivity contribution in [2.24, 2.45) is 0 Å². The van der Waals surface area contributed by atoms with Crippen molar-refractivity contribution in [2.45, 2.75) is 45.7 Å². The highest BCUT2D eigenvalue weighted by Crippen LogP contribution is 2.17. The van der Waals surface area contributed by atoms with Crippen LogP contribution in [0.25, 0.3) is 0 Å². The van der Waals surface area contributed by atoms with Crippen LogP contribution in [0.5, 0.6) is 0 Å². The molecule has 0 spiro atoms. The molecule has 120 valence electrons. The molecule has 6 heteroatoms. The number of rotatable bonds is 7. The number of benzene rings is 1. The Bertz CT molecular complexity index is 540. The number of hydrogen-bond acceptors (Lipinski definition) is 3. The summed E-state index contributed by atoms with van der Waals surface area (Å²) in [6.45, 7) is 4.98. The van der Waals surface area contributed by atoms with Gasteiger partial charge in [0.05, 0.1) is 18.9 Å². The van der Waals surface area contributed by atoms with Gasteiger partial charge in [-0.15, -0.1) is 0 Å². The number of hydrogen-bond donors (Lipinski definition) is 3. The van der Waals surface area contributed by atoms with Gasteiger partial charge in [-0.3, -0.25) is 14.4 Å². The molecule has 0 aliphatic carbocycles. The normalized spacial score (nSPS) is 13.0. The van der Waals surface area contributed by atoms with Crippen molar-refractivity contribution in [3.05, 3.63) is 35.4 Å². The minimum atomic E-state index is -0.968. The minimum Gasteiger partial charge on any atom is -0.481 e. The SMILES string of the molecule is CC(=O)NC(CC(=O)NC(C)CC(=O)O)c1ccc(C)cc1. The summed E-state index contributed by atoms with van der Waals surface area (Å²) in [7, 11) is 0. The zero-order chi connectivity index (χ0) is 16.7. The van der Waals surface area contributed by atoms with Crippen molar-refractivity contribution in [2.75, 3.05) is 0 Å². The highest BCUT2D eigenvalue weighted by atomic mass is 16.4. The average molecular weight is 306 g/mol. The number of carbonyl (C=O) groups is 3. The number of amides is 2. The van der Waals surface area contributed by atoms with E-state index in [2.05, 4.69) is 10.6 Å². The van der Waals surface area contributed by atoms with Crippen LogP contribution < -0.4 is 10.6 Å². The van der Waals surface area contributed by atoms with Gasteiger partial charge in [0, 0.05) is 13.0 Å². The van der Waals surface area contributed by atoms with Gasteiger partial charge in [0.2, 0.25) is 11.8 Å². The molecule has 0 heterocycles. The van der Waals surface area contributed by atoms with Crippen LogP contribution in [0.15, 0.2) is 24.3 Å². The first kappa shape index (κ1) is 17.7. The monoisotopic (exact) mass is 306 g/mol. The highest BCUT2D eigenvalue weighted by Gasteiger charge is 2.19. The van der Waals surface area contributed by atoms with Crippen LogP contribution in [0.2, 0.25) is 0 Å². The molecule has 6 nitrogen and oxygen atoms in total. The van der Waals surface area contributed by atoms with Crippen molar-refractivity contribution < 1.29 is 19.5 Å². The molecule has 1 aromatic rings. The highest BCUT2D eigenvalue weighted by molar-refractivity contribution is 5.80. The van der Waals surface area contributed by atoms with Gasteiger partial charge >= 0.3 is 5.97 Å². The fourth-order valence-electron chi connectivity index (χ4n) is 2.13. The van der Waals surface area contributed by atoms with Crippen molar-refractivity contribution in [3.63, 3.8) is 0 Å². The lowest BCUT2D eigenvalue weighted by atomic mass is 10.0. The van der Waals surface area contributed by atoms with E-state index in [1.165, 1.54) is 6.92 Å². The Morgan fingerprint density at radius 3 is 2.18 bits per heavy atom. The van der Waals surface area contributed by atoms with Crippen molar-refractivity contribution in [1.82, 2.24) is 10.6 Å². The van der Waals surface area contributed by atoms with E-state index in [4.69, 9.17) is 5.11 Å². The molecule has 0 saturated carbocycles. The van der Waals surface area contributed by atoms with E-state index in [0.717, 1.165) is 11.1 Å². The zero-order valence-electron chi connectivity index (χ0n) is 13.1. The Morgan fingerprint density at radius 2 is 1.68 bits per heavy atom. The summed E-state index contributed by atoms with van der Waals surface area (Å²) >= 11 is 0. The second-order valence-corrected chi connectivity index (χ2v) is 5.43. The molecule has 0 aromatic heterocycles. The quantitative estimate of drug-likeness (QED) is 0.712. The average Bonchev–Trinajstić information content (AvgIpc) is 2.36. The van der Waals surface area contributed by atoms with E-state index in [1.807, 2.05) is 31.2 Å². The molecule has 2 atom stereocenters. The van der Waals surface area contributed by atoms with E-state index >= 15 is 0 Å². The summed E-state index contributed by atoms with van der Waals surface area (Å²) in [5.74, 6) is -1.49. The van der Waals surface area contributed by atoms with Crippen LogP contribution in [0.3, 0.4) is 0 Å². The molecule has 2 unspecified atom stereocenters. The summed E-state index contributed by atoms with van der Waals surface area (Å²) in [6, 6.07) is 6.66. The molecule has 2 amide bonds. The molecular weight excluding hydrogens is 284 g/mol. The van der Waals surface area contributed by atoms with Crippen LogP contribution in [0, 0.1) is 6.92 Å². The Balaban J connectivity index is 2.72. The third-order valence-corrected chi connectivity index (χ3v) is 3.13. The van der Waals surface area contributed by atoms with E-state index in [1.54, 1.807) is 6.92 Å². The molecule has 0 aliphatic rings. The van der Waals surface area contributed by atoms with Gasteiger partial charge in [0.25, 0.3) is 0 Å². The van der Waals surface area contributed by atoms with Crippen molar-refractivity contribution in [3.8, 4) is 0 Å². The smallest absolute Gasteiger partial charge is 0.305 e. The number of aryl methyl sites for hydroxylation is 1. The van der Waals surface area contributed by atoms with Gasteiger partial charge in [-0.05, 0) is 19.4 Å². The lowest BCUT2D eigenvalue weighted by molar-refractivity contribution is -0.137. The molecule has 22 heavy (non-hydrogen) atoms. The number of nitrogens with one attached hydrogen (secondary N) is 2. The first-order valence-electron chi connectivity index (χ1n) is 7.12. The zero-order valence-corrected chi connectivity index (χ0v) is 13.1. The molecule has 0 aliphatic heterocycles. The maximum absolute atomic E-state index is 12.0. The molecule has 1 rings (SSSR count). The number of carbonyl (C=O) groups excluding carboxylic acids is 2. The third kappa shape index (κ3) is 6.39. The molecule has 0 bridgehead atoms. The Labute approximate surface area is 129 Å². The summed E-state index contributed by atoms with van der Waals surface area (Å²) in [6.07, 6.45) is -0.0757. The van der Waals surface area contributed by atoms with Crippen molar-refractivity contribution in [1.29, 1.82) is 0 Å². The Hall–Kier alpha value is -2.37. The summed E-state index contributed by atoms with van der Waals surface area (Å²) < 4.78 is 0. The van der Waals surface area contributed by atoms with Gasteiger partial charge in [-0.2, -0.15) is 0 Å². The standard InChI is InChI=1S/C16H22N2O4/c1-10-4-6-13(7-5-10)14(18-12(3)19)9-15(20)17-11(2)8-16(21)22/h4-7,11,14H,8-9H2,1-3H3,(H,17,20)(H,18,19)(H,21,22). The maximum Gasteiger partial charge on any atom is 0.305 e. The second kappa shape index (κ2) is 8.17. The predicted molar refractivity (Wildman–Crippen MR) is 82.2 cm³/mol. The van der Waals surface area contributed by atoms with E-state index in [-0.39, 0.29) is 24.7 Å². The summed E-state index contributed by atoms with van der Waals surface area (Å²) in [4.78, 5) is 33.9. The summed E-state index contributed by atoms with van der Waals surface area (Å²) in [5.41, 5.74) is 1.92. The molecular formula is C16H22N2O4. The lowest BCUT2D eigenvalue weighted by Gasteiger charge is -2.19. The summed E-state index contributed by atoms with van der Waals surface area (Å²) in [5, 5.41) is 14.1. The number of carboxylic acid groups (broad SMARTS) is 1. The second-order valence-electron chi connectivity index (χ2n) is 5.43. The molecule has 3 N–H and O–H groups in total. The van der Waals surface area contributed by atoms with E-state index in [9.17, 15) is 14.4 Å². The molecule has 0 radical (unpaired) electrons. The van der Waals surface area contributed by atoms with Gasteiger partial charge in [0.1, 0.15) is 0 Å². The lowest BCUT2D eigenvalue weighted by Crippen LogP contribution is -2.37. The third-order valence-electron chi connectivity index (χ3n) is 3.13. The maximum atomic E-state index is 12.0. The van der Waals surface area contributed by atoms with Gasteiger partial charge in [-0.25, -0.2) is 0 Å². The van der Waals surface area contributed by atoms with E-state index in [0.29, 0.717) is 0 Å². The first-order chi connectivity index (χ1) is 10.3. The van der Waals surface area contributed by atoms with Gasteiger partial charge in [0.15, 0.2) is 0 Å². The fourth-order valence-corrected chi connectivity index (χ4v) is 2.13. The minimum absolute atomic E-state index is 0.0621. The van der Waals surface area contributed by atoms with Crippen LogP contribution in [0.1, 0.15) is 43.9 Å². The van der Waals surface area contributed by atoms with Crippen LogP contribution in [-0.4, -0.2) is 28.9 Å². The number of aliphatic carboxylic acids is 1. The molecule has 1 aromatic carbocycles. The van der Waals surface area contributed by atoms with Crippen molar-refractivity contribution >= 4 is 17.8 Å². The Morgan fingerprint density at radius 1 is 1.09 bits per heavy atom. The fraction of sp³-hybridized carbons (Fsp3) is 0.438. The van der Waals surface area contributed by atoms with Gasteiger partial charge in [-0.1, -0.05) is 29.8 Å². The van der Waals surface area contributed by atoms with E-state index < -0.39 is 18.1 Å². The topological polar surface area (TPSA) is 95.5 Å². The largest absolute Gasteiger partial charge is 0.481 e.